The van der Waals surface area contributed by atoms with Crippen LogP contribution in [0.15, 0.2) is 0 Å². The molecule has 0 nitrogen and oxygen atoms in total. The molecule has 11 heavy (non-hydrogen) atoms. The summed E-state index contributed by atoms with van der Waals surface area (Å²) in [6.07, 6.45) is 6.93. The zero-order valence-corrected chi connectivity index (χ0v) is 8.69. The predicted molar refractivity (Wildman–Crippen MR) is 52.8 cm³/mol. The summed E-state index contributed by atoms with van der Waals surface area (Å²) in [5, 5.41) is 0. The molecule has 0 unspecified atom stereocenters. The van der Waals surface area contributed by atoms with Gasteiger partial charge in [0.05, 0.1) is 0 Å². The third-order valence-corrected chi connectivity index (χ3v) is 2.77. The van der Waals surface area contributed by atoms with Crippen molar-refractivity contribution in [2.45, 2.75) is 59.8 Å². The van der Waals surface area contributed by atoms with Crippen LogP contribution >= 0.6 is 0 Å². The van der Waals surface area contributed by atoms with E-state index in [2.05, 4.69) is 27.7 Å². The highest BCUT2D eigenvalue weighted by atomic mass is 14.2. The SMILES string of the molecule is CCCC(CCC)[C@H](C)CC. The fourth-order valence-electron chi connectivity index (χ4n) is 1.79. The van der Waals surface area contributed by atoms with Gasteiger partial charge >= 0.3 is 0 Å². The number of rotatable bonds is 6. The second-order valence-corrected chi connectivity index (χ2v) is 3.72. The molecule has 0 amide bonds. The molecule has 0 radical (unpaired) electrons. The Bertz CT molecular complexity index is 70.1. The molecule has 0 aromatic carbocycles. The van der Waals surface area contributed by atoms with E-state index in [9.17, 15) is 0 Å². The first-order valence-electron chi connectivity index (χ1n) is 5.26. The average molecular weight is 156 g/mol. The third kappa shape index (κ3) is 4.44. The molecule has 0 rings (SSSR count). The van der Waals surface area contributed by atoms with Gasteiger partial charge in [0, 0.05) is 0 Å². The van der Waals surface area contributed by atoms with E-state index in [0.29, 0.717) is 0 Å². The van der Waals surface area contributed by atoms with Gasteiger partial charge in [-0.05, 0) is 11.8 Å². The zero-order valence-electron chi connectivity index (χ0n) is 8.69. The van der Waals surface area contributed by atoms with E-state index in [1.807, 2.05) is 0 Å². The van der Waals surface area contributed by atoms with Crippen molar-refractivity contribution in [1.29, 1.82) is 0 Å². The highest BCUT2D eigenvalue weighted by molar-refractivity contribution is 4.64. The van der Waals surface area contributed by atoms with Crippen molar-refractivity contribution in [3.63, 3.8) is 0 Å². The van der Waals surface area contributed by atoms with Gasteiger partial charge in [0.1, 0.15) is 0 Å². The highest BCUT2D eigenvalue weighted by Gasteiger charge is 2.12. The molecule has 0 aromatic rings. The molecule has 68 valence electrons. The van der Waals surface area contributed by atoms with Crippen molar-refractivity contribution in [1.82, 2.24) is 0 Å². The summed E-state index contributed by atoms with van der Waals surface area (Å²) in [6, 6.07) is 0. The van der Waals surface area contributed by atoms with E-state index in [1.54, 1.807) is 0 Å². The molecule has 0 fully saturated rings. The van der Waals surface area contributed by atoms with E-state index in [-0.39, 0.29) is 0 Å². The van der Waals surface area contributed by atoms with Gasteiger partial charge in [-0.3, -0.25) is 0 Å². The van der Waals surface area contributed by atoms with Crippen LogP contribution in [-0.2, 0) is 0 Å². The zero-order chi connectivity index (χ0) is 8.69. The van der Waals surface area contributed by atoms with Gasteiger partial charge in [-0.25, -0.2) is 0 Å². The molecule has 0 spiro atoms. The Morgan fingerprint density at radius 1 is 0.909 bits per heavy atom. The highest BCUT2D eigenvalue weighted by Crippen LogP contribution is 2.24. The molecule has 0 saturated heterocycles. The summed E-state index contributed by atoms with van der Waals surface area (Å²) in [6.45, 7) is 9.30. The quantitative estimate of drug-likeness (QED) is 0.539. The molecule has 0 heterocycles. The fraction of sp³-hybridized carbons (Fsp3) is 1.00. The molecule has 0 heteroatoms. The standard InChI is InChI=1S/C11H24/c1-5-8-11(9-6-2)10(4)7-3/h10-11H,5-9H2,1-4H3/t10-/m1/s1. The minimum absolute atomic E-state index is 0.940. The Kier molecular flexibility index (Phi) is 6.69. The number of hydrogen-bond acceptors (Lipinski definition) is 0. The van der Waals surface area contributed by atoms with Gasteiger partial charge in [-0.15, -0.1) is 0 Å². The van der Waals surface area contributed by atoms with Crippen molar-refractivity contribution in [2.24, 2.45) is 11.8 Å². The third-order valence-electron chi connectivity index (χ3n) is 2.77. The lowest BCUT2D eigenvalue weighted by Crippen LogP contribution is -2.10. The van der Waals surface area contributed by atoms with Crippen molar-refractivity contribution in [3.8, 4) is 0 Å². The van der Waals surface area contributed by atoms with Crippen LogP contribution in [0.3, 0.4) is 0 Å². The van der Waals surface area contributed by atoms with Crippen LogP contribution < -0.4 is 0 Å². The molecule has 0 aliphatic rings. The first-order chi connectivity index (χ1) is 5.26. The monoisotopic (exact) mass is 156 g/mol. The largest absolute Gasteiger partial charge is 0.0654 e. The summed E-state index contributed by atoms with van der Waals surface area (Å²) in [7, 11) is 0. The maximum absolute atomic E-state index is 2.40. The van der Waals surface area contributed by atoms with E-state index in [1.165, 1.54) is 32.1 Å². The second kappa shape index (κ2) is 6.69. The normalized spacial score (nSPS) is 13.9. The van der Waals surface area contributed by atoms with Gasteiger partial charge in [0.25, 0.3) is 0 Å². The number of hydrogen-bond donors (Lipinski definition) is 0. The summed E-state index contributed by atoms with van der Waals surface area (Å²) < 4.78 is 0. The molecule has 0 aliphatic heterocycles. The van der Waals surface area contributed by atoms with Gasteiger partial charge in [0.15, 0.2) is 0 Å². The van der Waals surface area contributed by atoms with Crippen molar-refractivity contribution in [2.75, 3.05) is 0 Å². The van der Waals surface area contributed by atoms with Gasteiger partial charge in [-0.2, -0.15) is 0 Å². The summed E-state index contributed by atoms with van der Waals surface area (Å²) in [5.74, 6) is 1.94. The van der Waals surface area contributed by atoms with Crippen LogP contribution in [0.4, 0.5) is 0 Å². The van der Waals surface area contributed by atoms with Crippen LogP contribution in [0, 0.1) is 11.8 Å². The van der Waals surface area contributed by atoms with Gasteiger partial charge in [0.2, 0.25) is 0 Å². The van der Waals surface area contributed by atoms with Crippen molar-refractivity contribution < 1.29 is 0 Å². The van der Waals surface area contributed by atoms with Crippen molar-refractivity contribution >= 4 is 0 Å². The van der Waals surface area contributed by atoms with Crippen molar-refractivity contribution in [3.05, 3.63) is 0 Å². The molecule has 0 saturated carbocycles. The molecular formula is C11H24. The topological polar surface area (TPSA) is 0 Å². The molecule has 0 aromatic heterocycles. The Hall–Kier alpha value is 0. The Morgan fingerprint density at radius 3 is 1.64 bits per heavy atom. The molecular weight excluding hydrogens is 132 g/mol. The molecule has 1 atom stereocenters. The Balaban J connectivity index is 3.66. The fourth-order valence-corrected chi connectivity index (χ4v) is 1.79. The van der Waals surface area contributed by atoms with Gasteiger partial charge in [-0.1, -0.05) is 59.8 Å². The molecule has 0 bridgehead atoms. The van der Waals surface area contributed by atoms with Crippen LogP contribution in [-0.4, -0.2) is 0 Å². The van der Waals surface area contributed by atoms with E-state index in [0.717, 1.165) is 11.8 Å². The van der Waals surface area contributed by atoms with E-state index in [4.69, 9.17) is 0 Å². The summed E-state index contributed by atoms with van der Waals surface area (Å²) in [5.41, 5.74) is 0. The Morgan fingerprint density at radius 2 is 1.36 bits per heavy atom. The van der Waals surface area contributed by atoms with Crippen LogP contribution in [0.25, 0.3) is 0 Å². The maximum atomic E-state index is 2.40. The lowest BCUT2D eigenvalue weighted by Gasteiger charge is -2.21. The van der Waals surface area contributed by atoms with Crippen LogP contribution in [0.5, 0.6) is 0 Å². The summed E-state index contributed by atoms with van der Waals surface area (Å²) >= 11 is 0. The van der Waals surface area contributed by atoms with E-state index >= 15 is 0 Å². The van der Waals surface area contributed by atoms with Crippen LogP contribution in [0.2, 0.25) is 0 Å². The minimum atomic E-state index is 0.940. The predicted octanol–water partition coefficient (Wildman–Crippen LogP) is 4.25. The van der Waals surface area contributed by atoms with Crippen LogP contribution in [0.1, 0.15) is 59.8 Å². The molecule has 0 N–H and O–H groups in total. The lowest BCUT2D eigenvalue weighted by molar-refractivity contribution is 0.302. The second-order valence-electron chi connectivity index (χ2n) is 3.72. The first-order valence-corrected chi connectivity index (χ1v) is 5.26. The van der Waals surface area contributed by atoms with Gasteiger partial charge < -0.3 is 0 Å². The Labute approximate surface area is 72.4 Å². The summed E-state index contributed by atoms with van der Waals surface area (Å²) in [4.78, 5) is 0. The minimum Gasteiger partial charge on any atom is -0.0654 e. The first kappa shape index (κ1) is 11.0. The van der Waals surface area contributed by atoms with E-state index < -0.39 is 0 Å². The molecule has 0 aliphatic carbocycles. The lowest BCUT2D eigenvalue weighted by atomic mass is 9.85. The average Bonchev–Trinajstić information content (AvgIpc) is 2.03. The smallest absolute Gasteiger partial charge is 0.0389 e. The maximum Gasteiger partial charge on any atom is -0.0389 e.